The lowest BCUT2D eigenvalue weighted by atomic mass is 9.97. The summed E-state index contributed by atoms with van der Waals surface area (Å²) in [5, 5.41) is 23.5. The van der Waals surface area contributed by atoms with E-state index in [0.717, 1.165) is 31.2 Å². The largest absolute Gasteiger partial charge is 0.497 e. The minimum absolute atomic E-state index is 0.156. The van der Waals surface area contributed by atoms with Gasteiger partial charge >= 0.3 is 5.97 Å². The fourth-order valence-electron chi connectivity index (χ4n) is 3.73. The molecule has 2 aromatic rings. The Balaban J connectivity index is 1.88. The first-order valence-electron chi connectivity index (χ1n) is 9.37. The number of nitrogens with one attached hydrogen (secondary N) is 1. The molecule has 1 aliphatic rings. The van der Waals surface area contributed by atoms with Crippen molar-refractivity contribution in [1.82, 2.24) is 5.32 Å². The van der Waals surface area contributed by atoms with Gasteiger partial charge in [-0.25, -0.2) is 4.79 Å². The summed E-state index contributed by atoms with van der Waals surface area (Å²) in [6.07, 6.45) is 3.27. The van der Waals surface area contributed by atoms with E-state index in [-0.39, 0.29) is 17.2 Å². The standard InChI is InChI=1S/C21H22N2O6/c1-29-16-9-6-13(7-10-16)15-8-11-17(18(12-15)23(27)28)20(24)22-19(21(25)26)14-4-2-3-5-14/h6-12,14,19H,2-5H2,1H3,(H,22,24)(H,25,26)/t19-/m0/s1. The summed E-state index contributed by atoms with van der Waals surface area (Å²) in [6.45, 7) is 0. The Morgan fingerprint density at radius 2 is 1.76 bits per heavy atom. The highest BCUT2D eigenvalue weighted by Crippen LogP contribution is 2.30. The van der Waals surface area contributed by atoms with Crippen LogP contribution in [0.4, 0.5) is 5.69 Å². The van der Waals surface area contributed by atoms with Crippen molar-refractivity contribution >= 4 is 17.6 Å². The average molecular weight is 398 g/mol. The van der Waals surface area contributed by atoms with Crippen LogP contribution in [0.25, 0.3) is 11.1 Å². The molecule has 0 saturated heterocycles. The normalized spacial score (nSPS) is 14.9. The summed E-state index contributed by atoms with van der Waals surface area (Å²) in [5.41, 5.74) is 0.777. The van der Waals surface area contributed by atoms with E-state index in [1.807, 2.05) is 0 Å². The van der Waals surface area contributed by atoms with Crippen molar-refractivity contribution in [3.63, 3.8) is 0 Å². The fraction of sp³-hybridized carbons (Fsp3) is 0.333. The maximum Gasteiger partial charge on any atom is 0.326 e. The summed E-state index contributed by atoms with van der Waals surface area (Å²) in [5.74, 6) is -1.38. The SMILES string of the molecule is COc1ccc(-c2ccc(C(=O)N[C@H](C(=O)O)C3CCCC3)c([N+](=O)[O-])c2)cc1. The molecule has 0 heterocycles. The number of carbonyl (C=O) groups is 2. The minimum Gasteiger partial charge on any atom is -0.497 e. The zero-order valence-electron chi connectivity index (χ0n) is 16.0. The van der Waals surface area contributed by atoms with Gasteiger partial charge < -0.3 is 15.2 Å². The Morgan fingerprint density at radius 3 is 2.31 bits per heavy atom. The fourth-order valence-corrected chi connectivity index (χ4v) is 3.73. The highest BCUT2D eigenvalue weighted by Gasteiger charge is 2.33. The van der Waals surface area contributed by atoms with Crippen molar-refractivity contribution in [2.75, 3.05) is 7.11 Å². The highest BCUT2D eigenvalue weighted by molar-refractivity contribution is 6.00. The molecule has 0 radical (unpaired) electrons. The highest BCUT2D eigenvalue weighted by atomic mass is 16.6. The van der Waals surface area contributed by atoms with Crippen LogP contribution >= 0.6 is 0 Å². The van der Waals surface area contributed by atoms with E-state index in [0.29, 0.717) is 11.3 Å². The molecule has 8 nitrogen and oxygen atoms in total. The number of aliphatic carboxylic acids is 1. The molecule has 152 valence electrons. The number of ether oxygens (including phenoxy) is 1. The first kappa shape index (κ1) is 20.3. The van der Waals surface area contributed by atoms with E-state index in [2.05, 4.69) is 5.32 Å². The number of hydrogen-bond donors (Lipinski definition) is 2. The monoisotopic (exact) mass is 398 g/mol. The van der Waals surface area contributed by atoms with Crippen molar-refractivity contribution in [3.8, 4) is 16.9 Å². The lowest BCUT2D eigenvalue weighted by Crippen LogP contribution is -2.45. The number of amides is 1. The molecule has 1 saturated carbocycles. The van der Waals surface area contributed by atoms with Crippen LogP contribution in [0.1, 0.15) is 36.0 Å². The molecule has 8 heteroatoms. The van der Waals surface area contributed by atoms with Crippen LogP contribution in [0.15, 0.2) is 42.5 Å². The molecule has 0 aliphatic heterocycles. The smallest absolute Gasteiger partial charge is 0.326 e. The van der Waals surface area contributed by atoms with Crippen molar-refractivity contribution in [2.45, 2.75) is 31.7 Å². The van der Waals surface area contributed by atoms with Crippen molar-refractivity contribution < 1.29 is 24.4 Å². The number of carbonyl (C=O) groups excluding carboxylic acids is 1. The minimum atomic E-state index is -1.12. The number of benzene rings is 2. The van der Waals surface area contributed by atoms with Crippen molar-refractivity contribution in [3.05, 3.63) is 58.1 Å². The second-order valence-electron chi connectivity index (χ2n) is 7.05. The average Bonchev–Trinajstić information content (AvgIpc) is 3.25. The molecular weight excluding hydrogens is 376 g/mol. The Hall–Kier alpha value is -3.42. The van der Waals surface area contributed by atoms with Gasteiger partial charge in [0.05, 0.1) is 12.0 Å². The van der Waals surface area contributed by atoms with E-state index in [1.165, 1.54) is 12.1 Å². The van der Waals surface area contributed by atoms with Gasteiger partial charge in [-0.3, -0.25) is 14.9 Å². The van der Waals surface area contributed by atoms with E-state index >= 15 is 0 Å². The van der Waals surface area contributed by atoms with Crippen LogP contribution in [0, 0.1) is 16.0 Å². The van der Waals surface area contributed by atoms with Gasteiger partial charge in [0, 0.05) is 6.07 Å². The van der Waals surface area contributed by atoms with E-state index in [4.69, 9.17) is 4.74 Å². The molecule has 2 N–H and O–H groups in total. The van der Waals surface area contributed by atoms with Crippen LogP contribution in [0.5, 0.6) is 5.75 Å². The zero-order chi connectivity index (χ0) is 21.0. The first-order valence-corrected chi connectivity index (χ1v) is 9.37. The summed E-state index contributed by atoms with van der Waals surface area (Å²) >= 11 is 0. The number of nitrogens with zero attached hydrogens (tertiary/aromatic N) is 1. The van der Waals surface area contributed by atoms with Gasteiger partial charge in [0.2, 0.25) is 0 Å². The third-order valence-electron chi connectivity index (χ3n) is 5.29. The molecule has 0 aromatic heterocycles. The van der Waals surface area contributed by atoms with Crippen LogP contribution in [-0.4, -0.2) is 35.1 Å². The van der Waals surface area contributed by atoms with Crippen molar-refractivity contribution in [1.29, 1.82) is 0 Å². The maximum atomic E-state index is 12.7. The second-order valence-corrected chi connectivity index (χ2v) is 7.05. The molecule has 0 unspecified atom stereocenters. The van der Waals surface area contributed by atoms with Crippen LogP contribution in [0.2, 0.25) is 0 Å². The van der Waals surface area contributed by atoms with Gasteiger partial charge in [-0.1, -0.05) is 31.0 Å². The number of nitro benzene ring substituents is 1. The number of carboxylic acid groups (broad SMARTS) is 1. The molecule has 3 rings (SSSR count). The van der Waals surface area contributed by atoms with Crippen LogP contribution < -0.4 is 10.1 Å². The van der Waals surface area contributed by atoms with Gasteiger partial charge in [0.1, 0.15) is 17.4 Å². The third-order valence-corrected chi connectivity index (χ3v) is 5.29. The quantitative estimate of drug-likeness (QED) is 0.543. The van der Waals surface area contributed by atoms with Gasteiger partial charge in [-0.05, 0) is 48.1 Å². The number of nitro groups is 1. The molecule has 1 fully saturated rings. The summed E-state index contributed by atoms with van der Waals surface area (Å²) in [4.78, 5) is 35.2. The lowest BCUT2D eigenvalue weighted by Gasteiger charge is -2.20. The maximum absolute atomic E-state index is 12.7. The molecule has 0 bridgehead atoms. The molecule has 1 atom stereocenters. The summed E-state index contributed by atoms with van der Waals surface area (Å²) in [6, 6.07) is 10.2. The second kappa shape index (κ2) is 8.72. The first-order chi connectivity index (χ1) is 13.9. The lowest BCUT2D eigenvalue weighted by molar-refractivity contribution is -0.385. The van der Waals surface area contributed by atoms with Crippen molar-refractivity contribution in [2.24, 2.45) is 5.92 Å². The van der Waals surface area contributed by atoms with Gasteiger partial charge in [0.25, 0.3) is 11.6 Å². The summed E-state index contributed by atoms with van der Waals surface area (Å²) in [7, 11) is 1.54. The Morgan fingerprint density at radius 1 is 1.14 bits per heavy atom. The number of rotatable bonds is 7. The van der Waals surface area contributed by atoms with Crippen LogP contribution in [-0.2, 0) is 4.79 Å². The Kier molecular flexibility index (Phi) is 6.11. The van der Waals surface area contributed by atoms with Crippen LogP contribution in [0.3, 0.4) is 0 Å². The molecule has 1 aliphatic carbocycles. The van der Waals surface area contributed by atoms with E-state index < -0.39 is 22.8 Å². The zero-order valence-corrected chi connectivity index (χ0v) is 16.0. The van der Waals surface area contributed by atoms with E-state index in [1.54, 1.807) is 37.4 Å². The number of hydrogen-bond acceptors (Lipinski definition) is 5. The molecule has 1 amide bonds. The Labute approximate surface area is 167 Å². The number of methoxy groups -OCH3 is 1. The molecule has 0 spiro atoms. The predicted octanol–water partition coefficient (Wildman–Crippen LogP) is 3.64. The molecule has 29 heavy (non-hydrogen) atoms. The topological polar surface area (TPSA) is 119 Å². The Bertz CT molecular complexity index is 919. The molecular formula is C21H22N2O6. The van der Waals surface area contributed by atoms with Gasteiger partial charge in [-0.15, -0.1) is 0 Å². The van der Waals surface area contributed by atoms with E-state index in [9.17, 15) is 24.8 Å². The summed E-state index contributed by atoms with van der Waals surface area (Å²) < 4.78 is 5.11. The van der Waals surface area contributed by atoms with Gasteiger partial charge in [-0.2, -0.15) is 0 Å². The number of carboxylic acids is 1. The third kappa shape index (κ3) is 4.53. The predicted molar refractivity (Wildman–Crippen MR) is 106 cm³/mol. The molecule has 2 aromatic carbocycles. The van der Waals surface area contributed by atoms with Gasteiger partial charge in [0.15, 0.2) is 0 Å².